The van der Waals surface area contributed by atoms with Gasteiger partial charge in [-0.05, 0) is 30.5 Å². The van der Waals surface area contributed by atoms with Crippen LogP contribution >= 0.6 is 11.8 Å². The van der Waals surface area contributed by atoms with Gasteiger partial charge in [-0.2, -0.15) is 0 Å². The normalized spacial score (nSPS) is 12.3. The predicted octanol–water partition coefficient (Wildman–Crippen LogP) is 3.84. The third-order valence-electron chi connectivity index (χ3n) is 4.36. The molecule has 0 saturated carbocycles. The first-order valence-electron chi connectivity index (χ1n) is 8.97. The molecule has 0 aliphatic heterocycles. The molecule has 142 valence electrons. The van der Waals surface area contributed by atoms with Gasteiger partial charge in [-0.1, -0.05) is 55.9 Å². The van der Waals surface area contributed by atoms with Crippen molar-refractivity contribution in [2.75, 3.05) is 5.75 Å². The topological polar surface area (TPSA) is 73.0 Å². The summed E-state index contributed by atoms with van der Waals surface area (Å²) in [5.41, 5.74) is 1.13. The quantitative estimate of drug-likeness (QED) is 0.598. The van der Waals surface area contributed by atoms with Crippen molar-refractivity contribution in [2.45, 2.75) is 38.5 Å². The van der Waals surface area contributed by atoms with Crippen molar-refractivity contribution >= 4 is 17.7 Å². The van der Waals surface area contributed by atoms with E-state index in [4.69, 9.17) is 4.42 Å². The summed E-state index contributed by atoms with van der Waals surface area (Å²) in [6, 6.07) is 13.9. The molecule has 1 N–H and O–H groups in total. The Labute approximate surface area is 163 Å². The van der Waals surface area contributed by atoms with Crippen LogP contribution in [0.4, 0.5) is 0 Å². The number of nitrogens with one attached hydrogen (secondary N) is 1. The van der Waals surface area contributed by atoms with E-state index in [0.29, 0.717) is 35.0 Å². The monoisotopic (exact) mass is 384 g/mol. The van der Waals surface area contributed by atoms with E-state index in [1.165, 1.54) is 11.8 Å². The fourth-order valence-electron chi connectivity index (χ4n) is 2.48. The SMILES string of the molecule is CC(C)[C@@H](C)NC(=O)CSc1nnc(-c2ccco2)n1Cc1ccccc1. The molecule has 1 aromatic carbocycles. The predicted molar refractivity (Wildman–Crippen MR) is 106 cm³/mol. The van der Waals surface area contributed by atoms with Crippen LogP contribution in [0.25, 0.3) is 11.6 Å². The van der Waals surface area contributed by atoms with E-state index in [1.807, 2.05) is 41.8 Å². The molecular weight excluding hydrogens is 360 g/mol. The Morgan fingerprint density at radius 2 is 1.93 bits per heavy atom. The van der Waals surface area contributed by atoms with Gasteiger partial charge in [0.05, 0.1) is 18.6 Å². The summed E-state index contributed by atoms with van der Waals surface area (Å²) >= 11 is 1.38. The maximum Gasteiger partial charge on any atom is 0.230 e. The third kappa shape index (κ3) is 5.01. The summed E-state index contributed by atoms with van der Waals surface area (Å²) < 4.78 is 7.49. The van der Waals surface area contributed by atoms with Gasteiger partial charge in [0.2, 0.25) is 11.7 Å². The van der Waals surface area contributed by atoms with E-state index in [2.05, 4.69) is 41.5 Å². The van der Waals surface area contributed by atoms with Gasteiger partial charge in [0.1, 0.15) is 0 Å². The van der Waals surface area contributed by atoms with Crippen molar-refractivity contribution in [1.82, 2.24) is 20.1 Å². The van der Waals surface area contributed by atoms with E-state index >= 15 is 0 Å². The van der Waals surface area contributed by atoms with Crippen LogP contribution in [-0.2, 0) is 11.3 Å². The second-order valence-corrected chi connectivity index (χ2v) is 7.69. The molecule has 0 bridgehead atoms. The van der Waals surface area contributed by atoms with Crippen molar-refractivity contribution in [2.24, 2.45) is 5.92 Å². The van der Waals surface area contributed by atoms with Crippen molar-refractivity contribution in [3.05, 3.63) is 54.3 Å². The van der Waals surface area contributed by atoms with Gasteiger partial charge in [-0.25, -0.2) is 0 Å². The average molecular weight is 385 g/mol. The second-order valence-electron chi connectivity index (χ2n) is 6.74. The molecule has 27 heavy (non-hydrogen) atoms. The van der Waals surface area contributed by atoms with E-state index in [-0.39, 0.29) is 11.9 Å². The molecule has 0 aliphatic rings. The first-order chi connectivity index (χ1) is 13.0. The molecule has 0 aliphatic carbocycles. The molecule has 0 saturated heterocycles. The molecule has 1 amide bonds. The number of amides is 1. The molecule has 6 nitrogen and oxygen atoms in total. The fourth-order valence-corrected chi connectivity index (χ4v) is 3.23. The molecule has 7 heteroatoms. The number of benzene rings is 1. The van der Waals surface area contributed by atoms with E-state index in [9.17, 15) is 4.79 Å². The maximum atomic E-state index is 12.2. The Bertz CT molecular complexity index is 860. The Kier molecular flexibility index (Phi) is 6.34. The number of furan rings is 1. The average Bonchev–Trinajstić information content (AvgIpc) is 3.30. The number of thioether (sulfide) groups is 1. The lowest BCUT2D eigenvalue weighted by Crippen LogP contribution is -2.37. The lowest BCUT2D eigenvalue weighted by molar-refractivity contribution is -0.119. The van der Waals surface area contributed by atoms with Gasteiger partial charge in [-0.15, -0.1) is 10.2 Å². The summed E-state index contributed by atoms with van der Waals surface area (Å²) in [7, 11) is 0. The Morgan fingerprint density at radius 3 is 2.59 bits per heavy atom. The van der Waals surface area contributed by atoms with Crippen LogP contribution in [0, 0.1) is 5.92 Å². The second kappa shape index (κ2) is 8.90. The van der Waals surface area contributed by atoms with Crippen molar-refractivity contribution < 1.29 is 9.21 Å². The highest BCUT2D eigenvalue weighted by Crippen LogP contribution is 2.25. The number of rotatable bonds is 8. The standard InChI is InChI=1S/C20H24N4O2S/c1-14(2)15(3)21-18(25)13-27-20-23-22-19(17-10-7-11-26-17)24(20)12-16-8-5-4-6-9-16/h4-11,14-15H,12-13H2,1-3H3,(H,21,25)/t15-/m1/s1. The van der Waals surface area contributed by atoms with E-state index in [1.54, 1.807) is 6.26 Å². The van der Waals surface area contributed by atoms with Gasteiger partial charge < -0.3 is 9.73 Å². The highest BCUT2D eigenvalue weighted by Gasteiger charge is 2.18. The number of carbonyl (C=O) groups is 1. The highest BCUT2D eigenvalue weighted by atomic mass is 32.2. The van der Waals surface area contributed by atoms with Crippen molar-refractivity contribution in [3.63, 3.8) is 0 Å². The zero-order chi connectivity index (χ0) is 19.2. The van der Waals surface area contributed by atoms with Crippen LogP contribution in [0.3, 0.4) is 0 Å². The maximum absolute atomic E-state index is 12.2. The molecule has 3 rings (SSSR count). The van der Waals surface area contributed by atoms with Crippen LogP contribution in [0.2, 0.25) is 0 Å². The summed E-state index contributed by atoms with van der Waals surface area (Å²) in [6.45, 7) is 6.80. The van der Waals surface area contributed by atoms with Crippen LogP contribution in [0.1, 0.15) is 26.3 Å². The summed E-state index contributed by atoms with van der Waals surface area (Å²) in [4.78, 5) is 12.2. The minimum absolute atomic E-state index is 0.00462. The van der Waals surface area contributed by atoms with E-state index in [0.717, 1.165) is 5.56 Å². The van der Waals surface area contributed by atoms with Crippen LogP contribution < -0.4 is 5.32 Å². The number of hydrogen-bond acceptors (Lipinski definition) is 5. The minimum Gasteiger partial charge on any atom is -0.461 e. The van der Waals surface area contributed by atoms with Crippen molar-refractivity contribution in [1.29, 1.82) is 0 Å². The molecular formula is C20H24N4O2S. The molecule has 0 unspecified atom stereocenters. The van der Waals surface area contributed by atoms with Gasteiger partial charge in [0.15, 0.2) is 10.9 Å². The molecule has 3 aromatic rings. The molecule has 0 spiro atoms. The minimum atomic E-state index is -0.00462. The van der Waals surface area contributed by atoms with Gasteiger partial charge in [0.25, 0.3) is 0 Å². The van der Waals surface area contributed by atoms with Gasteiger partial charge >= 0.3 is 0 Å². The molecule has 2 heterocycles. The number of nitrogens with zero attached hydrogens (tertiary/aromatic N) is 3. The van der Waals surface area contributed by atoms with Crippen LogP contribution in [0.5, 0.6) is 0 Å². The Hall–Kier alpha value is -2.54. The Balaban J connectivity index is 1.77. The molecule has 0 radical (unpaired) electrons. The molecule has 2 aromatic heterocycles. The van der Waals surface area contributed by atoms with E-state index < -0.39 is 0 Å². The summed E-state index contributed by atoms with van der Waals surface area (Å²) in [5.74, 6) is 1.99. The number of aromatic nitrogens is 3. The smallest absolute Gasteiger partial charge is 0.230 e. The fraction of sp³-hybridized carbons (Fsp3) is 0.350. The highest BCUT2D eigenvalue weighted by molar-refractivity contribution is 7.99. The zero-order valence-electron chi connectivity index (χ0n) is 15.8. The number of hydrogen-bond donors (Lipinski definition) is 1. The summed E-state index contributed by atoms with van der Waals surface area (Å²) in [6.07, 6.45) is 1.62. The molecule has 0 fully saturated rings. The van der Waals surface area contributed by atoms with Crippen LogP contribution in [0.15, 0.2) is 58.3 Å². The zero-order valence-corrected chi connectivity index (χ0v) is 16.6. The third-order valence-corrected chi connectivity index (χ3v) is 5.33. The van der Waals surface area contributed by atoms with Gasteiger partial charge in [-0.3, -0.25) is 9.36 Å². The Morgan fingerprint density at radius 1 is 1.15 bits per heavy atom. The van der Waals surface area contributed by atoms with Gasteiger partial charge in [0, 0.05) is 6.04 Å². The summed E-state index contributed by atoms with van der Waals surface area (Å²) in [5, 5.41) is 12.3. The first-order valence-corrected chi connectivity index (χ1v) is 9.96. The number of carbonyl (C=O) groups excluding carboxylic acids is 1. The lowest BCUT2D eigenvalue weighted by Gasteiger charge is -2.17. The first kappa shape index (κ1) is 19.2. The van der Waals surface area contributed by atoms with Crippen molar-refractivity contribution in [3.8, 4) is 11.6 Å². The van der Waals surface area contributed by atoms with Crippen LogP contribution in [-0.4, -0.2) is 32.5 Å². The lowest BCUT2D eigenvalue weighted by atomic mass is 10.1. The largest absolute Gasteiger partial charge is 0.461 e. The molecule has 1 atom stereocenters.